The summed E-state index contributed by atoms with van der Waals surface area (Å²) in [7, 11) is 1.96. The fraction of sp³-hybridized carbons (Fsp3) is 0.533. The standard InChI is InChI=1S/C15H20ClNO4/c1-17(5-2-4-14(18)19)10-11-8-12(16)15-13(9-11)20-6-3-7-21-15/h8-9H,2-7,10H2,1H3,(H,18,19). The van der Waals surface area contributed by atoms with E-state index < -0.39 is 5.97 Å². The number of aliphatic carboxylic acids is 1. The minimum atomic E-state index is -0.762. The van der Waals surface area contributed by atoms with Gasteiger partial charge in [0.25, 0.3) is 0 Å². The van der Waals surface area contributed by atoms with Gasteiger partial charge in [0, 0.05) is 19.4 Å². The van der Waals surface area contributed by atoms with Gasteiger partial charge in [0.15, 0.2) is 11.5 Å². The van der Waals surface area contributed by atoms with Gasteiger partial charge in [0.2, 0.25) is 0 Å². The number of carboxylic acids is 1. The molecule has 0 atom stereocenters. The number of benzene rings is 1. The normalized spacial score (nSPS) is 14.0. The van der Waals surface area contributed by atoms with Crippen LogP contribution >= 0.6 is 11.6 Å². The van der Waals surface area contributed by atoms with Crippen LogP contribution < -0.4 is 9.47 Å². The summed E-state index contributed by atoms with van der Waals surface area (Å²) in [5.74, 6) is 0.544. The van der Waals surface area contributed by atoms with Gasteiger partial charge < -0.3 is 19.5 Å². The Kier molecular flexibility index (Phi) is 5.70. The second-order valence-corrected chi connectivity index (χ2v) is 5.60. The Labute approximate surface area is 129 Å². The molecule has 0 bridgehead atoms. The molecule has 0 aromatic heterocycles. The summed E-state index contributed by atoms with van der Waals surface area (Å²) in [6.45, 7) is 2.65. The van der Waals surface area contributed by atoms with Crippen molar-refractivity contribution in [3.05, 3.63) is 22.7 Å². The Balaban J connectivity index is 1.98. The van der Waals surface area contributed by atoms with Crippen LogP contribution in [0.3, 0.4) is 0 Å². The molecule has 6 heteroatoms. The van der Waals surface area contributed by atoms with Gasteiger partial charge >= 0.3 is 5.97 Å². The Morgan fingerprint density at radius 2 is 2.14 bits per heavy atom. The lowest BCUT2D eigenvalue weighted by molar-refractivity contribution is -0.137. The Bertz CT molecular complexity index is 507. The van der Waals surface area contributed by atoms with Gasteiger partial charge in [-0.2, -0.15) is 0 Å². The number of carbonyl (C=O) groups is 1. The third-order valence-electron chi connectivity index (χ3n) is 3.24. The molecule has 2 rings (SSSR count). The third-order valence-corrected chi connectivity index (χ3v) is 3.53. The van der Waals surface area contributed by atoms with Gasteiger partial charge in [-0.25, -0.2) is 0 Å². The highest BCUT2D eigenvalue weighted by molar-refractivity contribution is 6.32. The average molecular weight is 314 g/mol. The second-order valence-electron chi connectivity index (χ2n) is 5.19. The van der Waals surface area contributed by atoms with Gasteiger partial charge in [0.05, 0.1) is 18.2 Å². The van der Waals surface area contributed by atoms with E-state index in [9.17, 15) is 4.79 Å². The summed E-state index contributed by atoms with van der Waals surface area (Å²) < 4.78 is 11.3. The van der Waals surface area contributed by atoms with E-state index in [2.05, 4.69) is 4.90 Å². The van der Waals surface area contributed by atoms with E-state index in [1.54, 1.807) is 0 Å². The molecule has 1 aromatic rings. The number of hydrogen-bond donors (Lipinski definition) is 1. The average Bonchev–Trinajstić information content (AvgIpc) is 2.63. The van der Waals surface area contributed by atoms with Crippen molar-refractivity contribution in [2.24, 2.45) is 0 Å². The molecule has 21 heavy (non-hydrogen) atoms. The summed E-state index contributed by atoms with van der Waals surface area (Å²) in [4.78, 5) is 12.6. The molecule has 1 aromatic carbocycles. The number of hydrogen-bond acceptors (Lipinski definition) is 4. The molecule has 1 heterocycles. The van der Waals surface area contributed by atoms with E-state index >= 15 is 0 Å². The quantitative estimate of drug-likeness (QED) is 0.875. The van der Waals surface area contributed by atoms with Crippen molar-refractivity contribution in [1.82, 2.24) is 4.90 Å². The van der Waals surface area contributed by atoms with E-state index in [0.29, 0.717) is 42.7 Å². The topological polar surface area (TPSA) is 59.0 Å². The predicted octanol–water partition coefficient (Wildman–Crippen LogP) is 2.80. The molecule has 0 radical (unpaired) electrons. The lowest BCUT2D eigenvalue weighted by Crippen LogP contribution is -2.19. The SMILES string of the molecule is CN(CCCC(=O)O)Cc1cc(Cl)c2c(c1)OCCCO2. The zero-order chi connectivity index (χ0) is 15.2. The summed E-state index contributed by atoms with van der Waals surface area (Å²) in [6.07, 6.45) is 1.66. The Morgan fingerprint density at radius 1 is 1.38 bits per heavy atom. The number of carboxylic acid groups (broad SMARTS) is 1. The van der Waals surface area contributed by atoms with Gasteiger partial charge in [-0.15, -0.1) is 0 Å². The first kappa shape index (κ1) is 15.9. The van der Waals surface area contributed by atoms with E-state index in [1.165, 1.54) is 0 Å². The van der Waals surface area contributed by atoms with Crippen LogP contribution in [0.5, 0.6) is 11.5 Å². The summed E-state index contributed by atoms with van der Waals surface area (Å²) >= 11 is 6.25. The lowest BCUT2D eigenvalue weighted by Gasteiger charge is -2.18. The fourth-order valence-electron chi connectivity index (χ4n) is 2.27. The van der Waals surface area contributed by atoms with Crippen LogP contribution in [-0.2, 0) is 11.3 Å². The smallest absolute Gasteiger partial charge is 0.303 e. The second kappa shape index (κ2) is 7.52. The largest absolute Gasteiger partial charge is 0.489 e. The zero-order valence-electron chi connectivity index (χ0n) is 12.1. The molecule has 0 unspecified atom stereocenters. The van der Waals surface area contributed by atoms with E-state index in [-0.39, 0.29) is 6.42 Å². The maximum Gasteiger partial charge on any atom is 0.303 e. The van der Waals surface area contributed by atoms with Crippen LogP contribution in [0.2, 0.25) is 5.02 Å². The van der Waals surface area contributed by atoms with Gasteiger partial charge in [-0.3, -0.25) is 4.79 Å². The van der Waals surface area contributed by atoms with Crippen molar-refractivity contribution in [3.8, 4) is 11.5 Å². The zero-order valence-corrected chi connectivity index (χ0v) is 12.9. The van der Waals surface area contributed by atoms with Crippen LogP contribution in [0.25, 0.3) is 0 Å². The molecule has 1 aliphatic heterocycles. The maximum atomic E-state index is 10.5. The van der Waals surface area contributed by atoms with Crippen LogP contribution in [0.15, 0.2) is 12.1 Å². The molecule has 116 valence electrons. The molecule has 1 N–H and O–H groups in total. The molecule has 0 aliphatic carbocycles. The van der Waals surface area contributed by atoms with Gasteiger partial charge in [-0.05, 0) is 37.7 Å². The first-order valence-electron chi connectivity index (χ1n) is 7.04. The number of rotatable bonds is 6. The monoisotopic (exact) mass is 313 g/mol. The first-order valence-corrected chi connectivity index (χ1v) is 7.42. The highest BCUT2D eigenvalue weighted by Gasteiger charge is 2.16. The Morgan fingerprint density at radius 3 is 2.90 bits per heavy atom. The van der Waals surface area contributed by atoms with E-state index in [4.69, 9.17) is 26.2 Å². The van der Waals surface area contributed by atoms with Crippen molar-refractivity contribution in [3.63, 3.8) is 0 Å². The molecule has 0 saturated carbocycles. The van der Waals surface area contributed by atoms with Crippen LogP contribution in [0.4, 0.5) is 0 Å². The number of ether oxygens (including phenoxy) is 2. The van der Waals surface area contributed by atoms with Crippen molar-refractivity contribution in [2.45, 2.75) is 25.8 Å². The minimum Gasteiger partial charge on any atom is -0.489 e. The van der Waals surface area contributed by atoms with Crippen molar-refractivity contribution >= 4 is 17.6 Å². The molecule has 5 nitrogen and oxygen atoms in total. The van der Waals surface area contributed by atoms with Crippen molar-refractivity contribution < 1.29 is 19.4 Å². The molecule has 0 saturated heterocycles. The van der Waals surface area contributed by atoms with Gasteiger partial charge in [-0.1, -0.05) is 11.6 Å². The van der Waals surface area contributed by atoms with Gasteiger partial charge in [0.1, 0.15) is 0 Å². The van der Waals surface area contributed by atoms with Crippen molar-refractivity contribution in [2.75, 3.05) is 26.8 Å². The number of halogens is 1. The Hall–Kier alpha value is -1.46. The molecular formula is C15H20ClNO4. The third kappa shape index (κ3) is 4.79. The fourth-order valence-corrected chi connectivity index (χ4v) is 2.55. The number of fused-ring (bicyclic) bond motifs is 1. The van der Waals surface area contributed by atoms with Crippen LogP contribution in [0, 0.1) is 0 Å². The summed E-state index contributed by atoms with van der Waals surface area (Å²) in [5.41, 5.74) is 1.03. The summed E-state index contributed by atoms with van der Waals surface area (Å²) in [5, 5.41) is 9.20. The van der Waals surface area contributed by atoms with E-state index in [0.717, 1.165) is 18.5 Å². The molecule has 0 fully saturated rings. The maximum absolute atomic E-state index is 10.5. The minimum absolute atomic E-state index is 0.187. The highest BCUT2D eigenvalue weighted by Crippen LogP contribution is 2.38. The molecule has 1 aliphatic rings. The van der Waals surface area contributed by atoms with Crippen LogP contribution in [-0.4, -0.2) is 42.8 Å². The first-order chi connectivity index (χ1) is 10.1. The predicted molar refractivity (Wildman–Crippen MR) is 80.3 cm³/mol. The van der Waals surface area contributed by atoms with Crippen LogP contribution in [0.1, 0.15) is 24.8 Å². The number of nitrogens with zero attached hydrogens (tertiary/aromatic N) is 1. The molecular weight excluding hydrogens is 294 g/mol. The molecule has 0 spiro atoms. The highest BCUT2D eigenvalue weighted by atomic mass is 35.5. The lowest BCUT2D eigenvalue weighted by atomic mass is 10.2. The summed E-state index contributed by atoms with van der Waals surface area (Å²) in [6, 6.07) is 3.82. The van der Waals surface area contributed by atoms with E-state index in [1.807, 2.05) is 19.2 Å². The molecule has 0 amide bonds. The van der Waals surface area contributed by atoms with Crippen molar-refractivity contribution in [1.29, 1.82) is 0 Å².